The molecule has 4 nitrogen and oxygen atoms in total. The van der Waals surface area contributed by atoms with Crippen LogP contribution in [0.3, 0.4) is 0 Å². The second kappa shape index (κ2) is 3.72. The first-order chi connectivity index (χ1) is 7.78. The third-order valence-corrected chi connectivity index (χ3v) is 4.10. The third kappa shape index (κ3) is 2.05. The summed E-state index contributed by atoms with van der Waals surface area (Å²) in [5, 5.41) is 9.60. The van der Waals surface area contributed by atoms with Gasteiger partial charge in [0.2, 0.25) is 5.91 Å². The maximum atomic E-state index is 11.8. The lowest BCUT2D eigenvalue weighted by atomic mass is 9.86. The van der Waals surface area contributed by atoms with Crippen molar-refractivity contribution < 1.29 is 14.7 Å². The molecule has 2 rings (SSSR count). The molecule has 0 radical (unpaired) electrons. The molecule has 0 spiro atoms. The molecular formula is C13H21NO3. The van der Waals surface area contributed by atoms with E-state index in [1.54, 1.807) is 4.90 Å². The van der Waals surface area contributed by atoms with E-state index in [-0.39, 0.29) is 17.4 Å². The van der Waals surface area contributed by atoms with Crippen LogP contribution in [-0.4, -0.2) is 33.5 Å². The Bertz CT molecular complexity index is 360. The standard InChI is InChI=1S/C13H21NO3/c1-9(15)14(10-4-5-10)13(11(16)17)7-6-12(2,3)8-13/h10H,4-8H2,1-3H3,(H,16,17). The van der Waals surface area contributed by atoms with Crippen LogP contribution < -0.4 is 0 Å². The van der Waals surface area contributed by atoms with Crippen LogP contribution in [0.15, 0.2) is 0 Å². The number of carbonyl (C=O) groups excluding carboxylic acids is 1. The second-order valence-electron chi connectivity index (χ2n) is 6.30. The number of carbonyl (C=O) groups is 2. The van der Waals surface area contributed by atoms with Crippen molar-refractivity contribution in [2.24, 2.45) is 5.41 Å². The molecule has 4 heteroatoms. The van der Waals surface area contributed by atoms with Crippen LogP contribution >= 0.6 is 0 Å². The number of hydrogen-bond acceptors (Lipinski definition) is 2. The molecule has 0 aromatic rings. The van der Waals surface area contributed by atoms with E-state index in [9.17, 15) is 14.7 Å². The first-order valence-electron chi connectivity index (χ1n) is 6.32. The Morgan fingerprint density at radius 1 is 1.24 bits per heavy atom. The van der Waals surface area contributed by atoms with E-state index in [0.29, 0.717) is 12.8 Å². The maximum absolute atomic E-state index is 11.8. The molecule has 2 fully saturated rings. The van der Waals surface area contributed by atoms with E-state index in [4.69, 9.17) is 0 Å². The fraction of sp³-hybridized carbons (Fsp3) is 0.846. The summed E-state index contributed by atoms with van der Waals surface area (Å²) in [5.74, 6) is -0.919. The summed E-state index contributed by atoms with van der Waals surface area (Å²) in [6, 6.07) is 0.164. The molecule has 1 amide bonds. The summed E-state index contributed by atoms with van der Waals surface area (Å²) in [7, 11) is 0. The molecule has 2 saturated carbocycles. The molecule has 0 aromatic heterocycles. The zero-order chi connectivity index (χ0) is 12.8. The van der Waals surface area contributed by atoms with Gasteiger partial charge in [-0.15, -0.1) is 0 Å². The van der Waals surface area contributed by atoms with Crippen molar-refractivity contribution in [1.82, 2.24) is 4.90 Å². The van der Waals surface area contributed by atoms with E-state index >= 15 is 0 Å². The smallest absolute Gasteiger partial charge is 0.329 e. The SMILES string of the molecule is CC(=O)N(C1CC1)C1(C(=O)O)CCC(C)(C)C1. The van der Waals surface area contributed by atoms with Gasteiger partial charge in [0.25, 0.3) is 0 Å². The van der Waals surface area contributed by atoms with Gasteiger partial charge in [0.05, 0.1) is 0 Å². The van der Waals surface area contributed by atoms with Crippen molar-refractivity contribution >= 4 is 11.9 Å². The van der Waals surface area contributed by atoms with Gasteiger partial charge in [0.15, 0.2) is 0 Å². The Labute approximate surface area is 102 Å². The molecule has 0 aliphatic heterocycles. The summed E-state index contributed by atoms with van der Waals surface area (Å²) in [5.41, 5.74) is -0.933. The molecule has 1 atom stereocenters. The van der Waals surface area contributed by atoms with Crippen LogP contribution in [0.4, 0.5) is 0 Å². The van der Waals surface area contributed by atoms with Crippen molar-refractivity contribution in [3.8, 4) is 0 Å². The number of amides is 1. The van der Waals surface area contributed by atoms with Crippen molar-refractivity contribution in [1.29, 1.82) is 0 Å². The number of rotatable bonds is 3. The number of aliphatic carboxylic acids is 1. The van der Waals surface area contributed by atoms with E-state index in [1.807, 2.05) is 0 Å². The lowest BCUT2D eigenvalue weighted by molar-refractivity contribution is -0.159. The van der Waals surface area contributed by atoms with Crippen LogP contribution in [-0.2, 0) is 9.59 Å². The Hall–Kier alpha value is -1.06. The number of hydrogen-bond donors (Lipinski definition) is 1. The largest absolute Gasteiger partial charge is 0.479 e. The monoisotopic (exact) mass is 239 g/mol. The van der Waals surface area contributed by atoms with E-state index < -0.39 is 11.5 Å². The average Bonchev–Trinajstić information content (AvgIpc) is 2.92. The van der Waals surface area contributed by atoms with Gasteiger partial charge in [0.1, 0.15) is 5.54 Å². The van der Waals surface area contributed by atoms with Crippen LogP contribution in [0.25, 0.3) is 0 Å². The van der Waals surface area contributed by atoms with Gasteiger partial charge in [-0.3, -0.25) is 4.79 Å². The summed E-state index contributed by atoms with van der Waals surface area (Å²) >= 11 is 0. The molecule has 0 saturated heterocycles. The van der Waals surface area contributed by atoms with Crippen LogP contribution in [0.1, 0.15) is 52.9 Å². The van der Waals surface area contributed by atoms with E-state index in [1.165, 1.54) is 6.92 Å². The number of carboxylic acid groups (broad SMARTS) is 1. The minimum atomic E-state index is -0.948. The highest BCUT2D eigenvalue weighted by Gasteiger charge is 2.56. The van der Waals surface area contributed by atoms with Crippen LogP contribution in [0, 0.1) is 5.41 Å². The molecule has 1 N–H and O–H groups in total. The minimum absolute atomic E-state index is 0.0149. The molecule has 2 aliphatic rings. The van der Waals surface area contributed by atoms with Gasteiger partial charge in [-0.25, -0.2) is 4.79 Å². The number of carboxylic acids is 1. The van der Waals surface area contributed by atoms with Crippen LogP contribution in [0.5, 0.6) is 0 Å². The topological polar surface area (TPSA) is 57.6 Å². The van der Waals surface area contributed by atoms with Gasteiger partial charge < -0.3 is 10.0 Å². The van der Waals surface area contributed by atoms with E-state index in [0.717, 1.165) is 19.3 Å². The Kier molecular flexibility index (Phi) is 2.71. The van der Waals surface area contributed by atoms with Crippen molar-refractivity contribution in [2.75, 3.05) is 0 Å². The zero-order valence-corrected chi connectivity index (χ0v) is 10.8. The highest BCUT2D eigenvalue weighted by Crippen LogP contribution is 2.49. The molecule has 0 heterocycles. The summed E-state index contributed by atoms with van der Waals surface area (Å²) in [4.78, 5) is 25.1. The molecule has 2 aliphatic carbocycles. The summed E-state index contributed by atoms with van der Waals surface area (Å²) < 4.78 is 0. The average molecular weight is 239 g/mol. The lowest BCUT2D eigenvalue weighted by Gasteiger charge is -2.38. The maximum Gasteiger partial charge on any atom is 0.329 e. The normalized spacial score (nSPS) is 31.2. The number of nitrogens with zero attached hydrogens (tertiary/aromatic N) is 1. The van der Waals surface area contributed by atoms with Gasteiger partial charge in [-0.1, -0.05) is 13.8 Å². The molecular weight excluding hydrogens is 218 g/mol. The van der Waals surface area contributed by atoms with E-state index in [2.05, 4.69) is 13.8 Å². The van der Waals surface area contributed by atoms with Crippen LogP contribution in [0.2, 0.25) is 0 Å². The fourth-order valence-corrected chi connectivity index (χ4v) is 3.25. The Morgan fingerprint density at radius 2 is 1.82 bits per heavy atom. The third-order valence-electron chi connectivity index (χ3n) is 4.10. The molecule has 17 heavy (non-hydrogen) atoms. The Balaban J connectivity index is 2.34. The van der Waals surface area contributed by atoms with Crippen molar-refractivity contribution in [3.05, 3.63) is 0 Å². The quantitative estimate of drug-likeness (QED) is 0.819. The molecule has 0 bridgehead atoms. The van der Waals surface area contributed by atoms with Gasteiger partial charge in [-0.05, 0) is 37.5 Å². The van der Waals surface area contributed by atoms with Gasteiger partial charge >= 0.3 is 5.97 Å². The fourth-order valence-electron chi connectivity index (χ4n) is 3.25. The molecule has 0 aromatic carbocycles. The first-order valence-corrected chi connectivity index (χ1v) is 6.32. The lowest BCUT2D eigenvalue weighted by Crippen LogP contribution is -2.56. The summed E-state index contributed by atoms with van der Waals surface area (Å²) in [6.07, 6.45) is 3.94. The van der Waals surface area contributed by atoms with Crippen molar-refractivity contribution in [2.45, 2.75) is 64.5 Å². The first kappa shape index (κ1) is 12.4. The van der Waals surface area contributed by atoms with Gasteiger partial charge in [0, 0.05) is 13.0 Å². The molecule has 1 unspecified atom stereocenters. The summed E-state index contributed by atoms with van der Waals surface area (Å²) in [6.45, 7) is 5.67. The second-order valence-corrected chi connectivity index (χ2v) is 6.30. The highest BCUT2D eigenvalue weighted by atomic mass is 16.4. The van der Waals surface area contributed by atoms with Crippen molar-refractivity contribution in [3.63, 3.8) is 0 Å². The minimum Gasteiger partial charge on any atom is -0.479 e. The zero-order valence-electron chi connectivity index (χ0n) is 10.8. The molecule has 96 valence electrons. The van der Waals surface area contributed by atoms with Gasteiger partial charge in [-0.2, -0.15) is 0 Å². The highest BCUT2D eigenvalue weighted by molar-refractivity contribution is 5.87. The predicted molar refractivity (Wildman–Crippen MR) is 63.5 cm³/mol. The Morgan fingerprint density at radius 3 is 2.12 bits per heavy atom. The predicted octanol–water partition coefficient (Wildman–Crippen LogP) is 2.03.